The number of hydrogen-bond acceptors (Lipinski definition) is 1. The molecule has 1 aliphatic heterocycles. The Morgan fingerprint density at radius 3 is 2.85 bits per heavy atom. The second kappa shape index (κ2) is 6.20. The summed E-state index contributed by atoms with van der Waals surface area (Å²) in [5.41, 5.74) is 0. The molecule has 0 aromatic heterocycles. The lowest BCUT2D eigenvalue weighted by atomic mass is 10.0. The van der Waals surface area contributed by atoms with Gasteiger partial charge in [0.1, 0.15) is 0 Å². The van der Waals surface area contributed by atoms with Gasteiger partial charge >= 0.3 is 0 Å². The Kier molecular flexibility index (Phi) is 5.14. The summed E-state index contributed by atoms with van der Waals surface area (Å²) in [5, 5.41) is 0. The first-order chi connectivity index (χ1) is 6.38. The van der Waals surface area contributed by atoms with Gasteiger partial charge in [0.05, 0.1) is 0 Å². The zero-order valence-electron chi connectivity index (χ0n) is 9.13. The van der Waals surface area contributed by atoms with Crippen LogP contribution in [0.3, 0.4) is 0 Å². The lowest BCUT2D eigenvalue weighted by Gasteiger charge is -2.33. The molecule has 1 heteroatoms. The first-order valence-electron chi connectivity index (χ1n) is 5.79. The van der Waals surface area contributed by atoms with Crippen molar-refractivity contribution in [3.8, 4) is 0 Å². The maximum absolute atomic E-state index is 2.63. The molecule has 0 radical (unpaired) electrons. The lowest BCUT2D eigenvalue weighted by molar-refractivity contribution is 0.180. The molecule has 0 bridgehead atoms. The Bertz CT molecular complexity index is 149. The minimum atomic E-state index is 0.744. The van der Waals surface area contributed by atoms with Crippen molar-refractivity contribution >= 4 is 0 Å². The third kappa shape index (κ3) is 3.51. The lowest BCUT2D eigenvalue weighted by Crippen LogP contribution is -2.38. The van der Waals surface area contributed by atoms with Gasteiger partial charge in [-0.1, -0.05) is 32.4 Å². The molecule has 0 aromatic carbocycles. The van der Waals surface area contributed by atoms with Gasteiger partial charge in [0.15, 0.2) is 0 Å². The van der Waals surface area contributed by atoms with Gasteiger partial charge in [-0.2, -0.15) is 0 Å². The fourth-order valence-corrected chi connectivity index (χ4v) is 2.09. The molecule has 1 fully saturated rings. The highest BCUT2D eigenvalue weighted by Gasteiger charge is 2.18. The van der Waals surface area contributed by atoms with E-state index in [0.717, 1.165) is 6.04 Å². The van der Waals surface area contributed by atoms with Crippen molar-refractivity contribution in [1.29, 1.82) is 0 Å². The molecule has 0 aromatic rings. The zero-order valence-corrected chi connectivity index (χ0v) is 9.13. The average molecular weight is 181 g/mol. The molecule has 76 valence electrons. The summed E-state index contributed by atoms with van der Waals surface area (Å²) in [5.74, 6) is 0. The Morgan fingerprint density at radius 1 is 1.31 bits per heavy atom. The number of rotatable bonds is 4. The van der Waals surface area contributed by atoms with E-state index in [1.54, 1.807) is 0 Å². The summed E-state index contributed by atoms with van der Waals surface area (Å²) >= 11 is 0. The molecule has 0 aliphatic carbocycles. The smallest absolute Gasteiger partial charge is 0.0278 e. The molecule has 1 nitrogen and oxygen atoms in total. The molecule has 0 amide bonds. The minimum Gasteiger partial charge on any atom is -0.297 e. The predicted molar refractivity (Wildman–Crippen MR) is 58.9 cm³/mol. The van der Waals surface area contributed by atoms with Crippen LogP contribution in [0.15, 0.2) is 12.2 Å². The van der Waals surface area contributed by atoms with Crippen LogP contribution in [-0.2, 0) is 0 Å². The highest BCUT2D eigenvalue weighted by Crippen LogP contribution is 2.18. The maximum atomic E-state index is 2.63. The highest BCUT2D eigenvalue weighted by atomic mass is 15.2. The van der Waals surface area contributed by atoms with Crippen molar-refractivity contribution < 1.29 is 0 Å². The number of allylic oxidation sites excluding steroid dienone is 1. The first-order valence-corrected chi connectivity index (χ1v) is 5.79. The largest absolute Gasteiger partial charge is 0.297 e. The minimum absolute atomic E-state index is 0.744. The highest BCUT2D eigenvalue weighted by molar-refractivity contribution is 4.95. The first kappa shape index (κ1) is 10.8. The Hall–Kier alpha value is -0.300. The van der Waals surface area contributed by atoms with Crippen LogP contribution < -0.4 is 0 Å². The Morgan fingerprint density at radius 2 is 2.15 bits per heavy atom. The second-order valence-electron chi connectivity index (χ2n) is 3.94. The molecule has 13 heavy (non-hydrogen) atoms. The predicted octanol–water partition coefficient (Wildman–Crippen LogP) is 3.22. The molecule has 0 saturated carbocycles. The van der Waals surface area contributed by atoms with Gasteiger partial charge in [-0.05, 0) is 38.8 Å². The van der Waals surface area contributed by atoms with E-state index in [1.807, 2.05) is 0 Å². The van der Waals surface area contributed by atoms with Gasteiger partial charge in [0, 0.05) is 6.04 Å². The number of likely N-dealkylation sites (tertiary alicyclic amines) is 1. The average Bonchev–Trinajstić information content (AvgIpc) is 2.17. The van der Waals surface area contributed by atoms with Gasteiger partial charge in [-0.3, -0.25) is 4.90 Å². The maximum Gasteiger partial charge on any atom is 0.0278 e. The van der Waals surface area contributed by atoms with E-state index in [4.69, 9.17) is 0 Å². The molecule has 1 unspecified atom stereocenters. The summed E-state index contributed by atoms with van der Waals surface area (Å²) in [6, 6.07) is 0.744. The van der Waals surface area contributed by atoms with Gasteiger partial charge in [-0.15, -0.1) is 0 Å². The second-order valence-corrected chi connectivity index (χ2v) is 3.94. The van der Waals surface area contributed by atoms with Crippen molar-refractivity contribution in [3.05, 3.63) is 12.2 Å². The third-order valence-electron chi connectivity index (χ3n) is 2.77. The van der Waals surface area contributed by atoms with E-state index in [1.165, 1.54) is 45.2 Å². The van der Waals surface area contributed by atoms with Crippen molar-refractivity contribution in [3.63, 3.8) is 0 Å². The fraction of sp³-hybridized carbons (Fsp3) is 0.833. The Labute approximate surface area is 82.8 Å². The van der Waals surface area contributed by atoms with Crippen LogP contribution in [0, 0.1) is 0 Å². The zero-order chi connectivity index (χ0) is 9.52. The van der Waals surface area contributed by atoms with Crippen molar-refractivity contribution in [2.24, 2.45) is 0 Å². The molecule has 1 saturated heterocycles. The number of piperidine rings is 1. The van der Waals surface area contributed by atoms with Gasteiger partial charge in [-0.25, -0.2) is 0 Å². The van der Waals surface area contributed by atoms with Crippen molar-refractivity contribution in [2.45, 2.75) is 52.0 Å². The van der Waals surface area contributed by atoms with E-state index in [2.05, 4.69) is 30.9 Å². The van der Waals surface area contributed by atoms with E-state index < -0.39 is 0 Å². The van der Waals surface area contributed by atoms with Crippen LogP contribution >= 0.6 is 0 Å². The summed E-state index contributed by atoms with van der Waals surface area (Å²) in [6.07, 6.45) is 11.4. The quantitative estimate of drug-likeness (QED) is 0.602. The monoisotopic (exact) mass is 181 g/mol. The summed E-state index contributed by atoms with van der Waals surface area (Å²) < 4.78 is 0. The van der Waals surface area contributed by atoms with Crippen LogP contribution in [0.1, 0.15) is 46.0 Å². The third-order valence-corrected chi connectivity index (χ3v) is 2.77. The molecule has 1 atom stereocenters. The number of hydrogen-bond donors (Lipinski definition) is 0. The van der Waals surface area contributed by atoms with Crippen LogP contribution in [0.25, 0.3) is 0 Å². The summed E-state index contributed by atoms with van der Waals surface area (Å²) in [4.78, 5) is 2.63. The number of nitrogens with zero attached hydrogens (tertiary/aromatic N) is 1. The van der Waals surface area contributed by atoms with Crippen molar-refractivity contribution in [1.82, 2.24) is 4.90 Å². The molecular formula is C12H23N. The molecule has 0 N–H and O–H groups in total. The van der Waals surface area contributed by atoms with E-state index >= 15 is 0 Å². The van der Waals surface area contributed by atoms with Crippen LogP contribution in [0.5, 0.6) is 0 Å². The van der Waals surface area contributed by atoms with E-state index in [-0.39, 0.29) is 0 Å². The summed E-state index contributed by atoms with van der Waals surface area (Å²) in [6.45, 7) is 7.07. The van der Waals surface area contributed by atoms with Gasteiger partial charge in [0.2, 0.25) is 0 Å². The van der Waals surface area contributed by atoms with Crippen molar-refractivity contribution in [2.75, 3.05) is 13.1 Å². The normalized spacial score (nSPS) is 25.5. The Balaban J connectivity index is 2.41. The topological polar surface area (TPSA) is 3.24 Å². The SMILES string of the molecule is CCC=CC1CCCCN1CCC. The van der Waals surface area contributed by atoms with E-state index in [0.29, 0.717) is 0 Å². The fourth-order valence-electron chi connectivity index (χ4n) is 2.09. The standard InChI is InChI=1S/C12H23N/c1-3-5-8-12-9-6-7-11-13(12)10-4-2/h5,8,12H,3-4,6-7,9-11H2,1-2H3. The van der Waals surface area contributed by atoms with Gasteiger partial charge in [0.25, 0.3) is 0 Å². The molecule has 1 heterocycles. The molecular weight excluding hydrogens is 158 g/mol. The molecule has 0 spiro atoms. The molecule has 1 aliphatic rings. The van der Waals surface area contributed by atoms with Crippen LogP contribution in [-0.4, -0.2) is 24.0 Å². The van der Waals surface area contributed by atoms with Gasteiger partial charge < -0.3 is 0 Å². The van der Waals surface area contributed by atoms with Crippen LogP contribution in [0.2, 0.25) is 0 Å². The molecule has 1 rings (SSSR count). The van der Waals surface area contributed by atoms with E-state index in [9.17, 15) is 0 Å². The van der Waals surface area contributed by atoms with Crippen LogP contribution in [0.4, 0.5) is 0 Å². The summed E-state index contributed by atoms with van der Waals surface area (Å²) in [7, 11) is 0.